The molecule has 1 amide bonds. The number of nitrogens with zero attached hydrogens (tertiary/aromatic N) is 3. The first-order valence-corrected chi connectivity index (χ1v) is 10.5. The topological polar surface area (TPSA) is 107 Å². The van der Waals surface area contributed by atoms with E-state index in [2.05, 4.69) is 10.3 Å². The monoisotopic (exact) mass is 440 g/mol. The van der Waals surface area contributed by atoms with E-state index in [1.807, 2.05) is 43.3 Å². The molecule has 8 heteroatoms. The van der Waals surface area contributed by atoms with Gasteiger partial charge in [-0.05, 0) is 42.3 Å². The van der Waals surface area contributed by atoms with Crippen molar-refractivity contribution in [1.82, 2.24) is 14.7 Å². The number of anilines is 1. The van der Waals surface area contributed by atoms with Crippen LogP contribution in [0.5, 0.6) is 0 Å². The van der Waals surface area contributed by atoms with Crippen molar-refractivity contribution in [2.45, 2.75) is 20.0 Å². The number of benzene rings is 1. The molecular weight excluding hydrogens is 418 g/mol. The zero-order valence-corrected chi connectivity index (χ0v) is 18.0. The number of carbonyl (C=O) groups excluding carboxylic acids is 1. The number of amides is 1. The van der Waals surface area contributed by atoms with Crippen molar-refractivity contribution in [3.8, 4) is 0 Å². The standard InChI is InChI=1S/C25H21N5O3/c1-16-9-10-21-28-23-20(25(32)29(21)14-16)12-19(22(26)30(23)15-18-8-5-11-33-18)24(31)27-13-17-6-3-2-4-7-17/h2-12,14,26H,13,15H2,1H3,(H,27,31)/p+1. The average molecular weight is 440 g/mol. The zero-order valence-electron chi connectivity index (χ0n) is 18.0. The van der Waals surface area contributed by atoms with E-state index in [1.165, 1.54) is 10.5 Å². The number of rotatable bonds is 5. The fraction of sp³-hybridized carbons (Fsp3) is 0.120. The quantitative estimate of drug-likeness (QED) is 0.323. The summed E-state index contributed by atoms with van der Waals surface area (Å²) in [5.41, 5.74) is 9.15. The number of furan rings is 1. The molecule has 0 atom stereocenters. The molecule has 0 aliphatic rings. The molecule has 5 rings (SSSR count). The Balaban J connectivity index is 1.68. The van der Waals surface area contributed by atoms with Gasteiger partial charge in [0.25, 0.3) is 17.1 Å². The number of nitrogens with two attached hydrogens (primary N) is 1. The Morgan fingerprint density at radius 2 is 1.97 bits per heavy atom. The molecule has 0 aliphatic heterocycles. The SMILES string of the molecule is Cc1ccc2nc3c(cc(C(=O)NCc4ccccc4)c(N)[n+]3Cc3ccco3)c(=O)n2c1. The van der Waals surface area contributed by atoms with Gasteiger partial charge in [0.2, 0.25) is 11.5 Å². The minimum Gasteiger partial charge on any atom is -0.466 e. The normalized spacial score (nSPS) is 11.2. The second kappa shape index (κ2) is 8.23. The van der Waals surface area contributed by atoms with Gasteiger partial charge in [-0.2, -0.15) is 0 Å². The van der Waals surface area contributed by atoms with Crippen LogP contribution in [-0.2, 0) is 13.1 Å². The first-order valence-electron chi connectivity index (χ1n) is 10.5. The van der Waals surface area contributed by atoms with E-state index in [4.69, 9.17) is 10.2 Å². The largest absolute Gasteiger partial charge is 0.466 e. The molecule has 5 aromatic rings. The number of aryl methyl sites for hydroxylation is 1. The minimum absolute atomic E-state index is 0.202. The summed E-state index contributed by atoms with van der Waals surface area (Å²) in [6.07, 6.45) is 3.29. The number of carbonyl (C=O) groups is 1. The zero-order chi connectivity index (χ0) is 22.9. The van der Waals surface area contributed by atoms with Gasteiger partial charge >= 0.3 is 0 Å². The third kappa shape index (κ3) is 3.82. The predicted octanol–water partition coefficient (Wildman–Crippen LogP) is 2.60. The Kier molecular flexibility index (Phi) is 5.10. The number of hydrogen-bond donors (Lipinski definition) is 2. The van der Waals surface area contributed by atoms with E-state index in [-0.39, 0.29) is 29.4 Å². The van der Waals surface area contributed by atoms with Crippen LogP contribution >= 0.6 is 0 Å². The number of nitrogen functional groups attached to an aromatic ring is 1. The van der Waals surface area contributed by atoms with E-state index in [1.54, 1.807) is 35.2 Å². The molecule has 0 radical (unpaired) electrons. The number of fused-ring (bicyclic) bond motifs is 2. The second-order valence-corrected chi connectivity index (χ2v) is 7.87. The van der Waals surface area contributed by atoms with Crippen LogP contribution in [0.1, 0.15) is 27.2 Å². The van der Waals surface area contributed by atoms with Gasteiger partial charge in [-0.3, -0.25) is 14.0 Å². The Hall–Kier alpha value is -4.46. The summed E-state index contributed by atoms with van der Waals surface area (Å²) in [6.45, 7) is 2.46. The summed E-state index contributed by atoms with van der Waals surface area (Å²) in [5.74, 6) is 0.453. The molecule has 3 N–H and O–H groups in total. The Morgan fingerprint density at radius 3 is 2.73 bits per heavy atom. The summed E-state index contributed by atoms with van der Waals surface area (Å²) in [6, 6.07) is 18.3. The van der Waals surface area contributed by atoms with Gasteiger partial charge in [0, 0.05) is 12.7 Å². The fourth-order valence-electron chi connectivity index (χ4n) is 3.83. The first-order chi connectivity index (χ1) is 16.0. The van der Waals surface area contributed by atoms with E-state index in [0.717, 1.165) is 11.1 Å². The smallest absolute Gasteiger partial charge is 0.278 e. The van der Waals surface area contributed by atoms with Crippen LogP contribution in [0.15, 0.2) is 82.3 Å². The Morgan fingerprint density at radius 1 is 1.15 bits per heavy atom. The third-order valence-corrected chi connectivity index (χ3v) is 5.53. The molecule has 164 valence electrons. The molecule has 8 nitrogen and oxygen atoms in total. The molecule has 0 spiro atoms. The van der Waals surface area contributed by atoms with Crippen molar-refractivity contribution in [3.05, 3.63) is 106 Å². The first kappa shape index (κ1) is 20.4. The highest BCUT2D eigenvalue weighted by Crippen LogP contribution is 2.16. The van der Waals surface area contributed by atoms with Crippen LogP contribution in [0.3, 0.4) is 0 Å². The molecule has 0 saturated carbocycles. The van der Waals surface area contributed by atoms with Crippen LogP contribution < -0.4 is 21.2 Å². The van der Waals surface area contributed by atoms with Gasteiger partial charge in [-0.1, -0.05) is 41.4 Å². The predicted molar refractivity (Wildman–Crippen MR) is 124 cm³/mol. The highest BCUT2D eigenvalue weighted by atomic mass is 16.3. The van der Waals surface area contributed by atoms with Crippen molar-refractivity contribution in [2.75, 3.05) is 5.73 Å². The molecule has 0 saturated heterocycles. The van der Waals surface area contributed by atoms with Gasteiger partial charge in [-0.25, -0.2) is 4.57 Å². The lowest BCUT2D eigenvalue weighted by Crippen LogP contribution is -2.43. The lowest BCUT2D eigenvalue weighted by atomic mass is 10.1. The van der Waals surface area contributed by atoms with E-state index in [0.29, 0.717) is 29.0 Å². The van der Waals surface area contributed by atoms with Gasteiger partial charge in [0.1, 0.15) is 23.3 Å². The van der Waals surface area contributed by atoms with Crippen LogP contribution in [0.25, 0.3) is 16.7 Å². The molecule has 4 heterocycles. The molecule has 1 aromatic carbocycles. The van der Waals surface area contributed by atoms with Crippen molar-refractivity contribution in [3.63, 3.8) is 0 Å². The number of aromatic nitrogens is 3. The Labute approximate surface area is 188 Å². The number of nitrogens with one attached hydrogen (secondary N) is 1. The summed E-state index contributed by atoms with van der Waals surface area (Å²) in [7, 11) is 0. The van der Waals surface area contributed by atoms with Gasteiger partial charge in [0.05, 0.1) is 6.26 Å². The summed E-state index contributed by atoms with van der Waals surface area (Å²) in [4.78, 5) is 31.2. The van der Waals surface area contributed by atoms with Crippen molar-refractivity contribution >= 4 is 28.4 Å². The van der Waals surface area contributed by atoms with Crippen molar-refractivity contribution in [1.29, 1.82) is 0 Å². The lowest BCUT2D eigenvalue weighted by Gasteiger charge is -2.12. The maximum Gasteiger partial charge on any atom is 0.278 e. The van der Waals surface area contributed by atoms with Gasteiger partial charge < -0.3 is 15.5 Å². The van der Waals surface area contributed by atoms with Crippen molar-refractivity contribution < 1.29 is 13.8 Å². The van der Waals surface area contributed by atoms with Gasteiger partial charge in [-0.15, -0.1) is 0 Å². The molecule has 0 bridgehead atoms. The maximum absolute atomic E-state index is 13.4. The second-order valence-electron chi connectivity index (χ2n) is 7.87. The number of hydrogen-bond acceptors (Lipinski definition) is 5. The van der Waals surface area contributed by atoms with Crippen molar-refractivity contribution in [2.24, 2.45) is 0 Å². The van der Waals surface area contributed by atoms with Crippen LogP contribution in [0.2, 0.25) is 0 Å². The maximum atomic E-state index is 13.4. The summed E-state index contributed by atoms with van der Waals surface area (Å²) >= 11 is 0. The summed E-state index contributed by atoms with van der Waals surface area (Å²) in [5, 5.41) is 3.18. The molecule has 0 aliphatic carbocycles. The fourth-order valence-corrected chi connectivity index (χ4v) is 3.83. The molecule has 0 fully saturated rings. The van der Waals surface area contributed by atoms with E-state index in [9.17, 15) is 9.59 Å². The Bertz CT molecular complexity index is 1540. The molecule has 33 heavy (non-hydrogen) atoms. The van der Waals surface area contributed by atoms with E-state index >= 15 is 0 Å². The van der Waals surface area contributed by atoms with Crippen LogP contribution in [0, 0.1) is 6.92 Å². The van der Waals surface area contributed by atoms with Crippen LogP contribution in [0.4, 0.5) is 5.82 Å². The average Bonchev–Trinajstić information content (AvgIpc) is 3.34. The molecular formula is C25H22N5O3+. The lowest BCUT2D eigenvalue weighted by molar-refractivity contribution is -0.651. The van der Waals surface area contributed by atoms with Gasteiger partial charge in [0.15, 0.2) is 0 Å². The molecule has 0 unspecified atom stereocenters. The highest BCUT2D eigenvalue weighted by molar-refractivity contribution is 6.00. The molecule has 4 aromatic heterocycles. The van der Waals surface area contributed by atoms with Crippen LogP contribution in [-0.4, -0.2) is 15.3 Å². The third-order valence-electron chi connectivity index (χ3n) is 5.53. The number of pyridine rings is 2. The highest BCUT2D eigenvalue weighted by Gasteiger charge is 2.25. The minimum atomic E-state index is -0.375. The van der Waals surface area contributed by atoms with E-state index < -0.39 is 0 Å². The summed E-state index contributed by atoms with van der Waals surface area (Å²) < 4.78 is 8.62.